The summed E-state index contributed by atoms with van der Waals surface area (Å²) in [6, 6.07) is 23.2. The summed E-state index contributed by atoms with van der Waals surface area (Å²) in [7, 11) is 0. The average molecular weight is 370 g/mol. The SMILES string of the molecule is CCCCCOc1ccc(-c2ccc(-c3nc4ccc(C)cc4[nH]3)cc2)cc1. The van der Waals surface area contributed by atoms with E-state index in [9.17, 15) is 0 Å². The van der Waals surface area contributed by atoms with E-state index in [-0.39, 0.29) is 0 Å². The molecule has 0 aliphatic rings. The van der Waals surface area contributed by atoms with Crippen LogP contribution in [0.15, 0.2) is 66.7 Å². The third-order valence-corrected chi connectivity index (χ3v) is 5.00. The molecule has 0 aliphatic heterocycles. The third-order valence-electron chi connectivity index (χ3n) is 5.00. The van der Waals surface area contributed by atoms with E-state index in [0.717, 1.165) is 41.2 Å². The molecule has 0 fully saturated rings. The van der Waals surface area contributed by atoms with E-state index in [1.54, 1.807) is 0 Å². The Hall–Kier alpha value is -3.07. The molecule has 0 unspecified atom stereocenters. The van der Waals surface area contributed by atoms with Gasteiger partial charge in [-0.05, 0) is 54.3 Å². The van der Waals surface area contributed by atoms with Crippen molar-refractivity contribution in [1.29, 1.82) is 0 Å². The number of imidazole rings is 1. The second kappa shape index (κ2) is 8.30. The molecule has 0 saturated heterocycles. The van der Waals surface area contributed by atoms with E-state index in [1.165, 1.54) is 29.5 Å². The molecule has 0 atom stereocenters. The second-order valence-electron chi connectivity index (χ2n) is 7.26. The number of hydrogen-bond donors (Lipinski definition) is 1. The minimum atomic E-state index is 0.791. The predicted molar refractivity (Wildman–Crippen MR) is 117 cm³/mol. The van der Waals surface area contributed by atoms with Gasteiger partial charge in [0.25, 0.3) is 0 Å². The van der Waals surface area contributed by atoms with Crippen LogP contribution in [-0.4, -0.2) is 16.6 Å². The molecule has 142 valence electrons. The zero-order valence-electron chi connectivity index (χ0n) is 16.5. The van der Waals surface area contributed by atoms with Gasteiger partial charge in [-0.15, -0.1) is 0 Å². The van der Waals surface area contributed by atoms with Crippen molar-refractivity contribution in [1.82, 2.24) is 9.97 Å². The molecule has 0 radical (unpaired) electrons. The molecule has 4 aromatic rings. The van der Waals surface area contributed by atoms with E-state index < -0.39 is 0 Å². The van der Waals surface area contributed by atoms with Crippen molar-refractivity contribution in [2.75, 3.05) is 6.61 Å². The highest BCUT2D eigenvalue weighted by Gasteiger charge is 2.06. The van der Waals surface area contributed by atoms with Crippen LogP contribution in [0.25, 0.3) is 33.5 Å². The normalized spacial score (nSPS) is 11.1. The number of aromatic amines is 1. The molecule has 1 aromatic heterocycles. The van der Waals surface area contributed by atoms with Gasteiger partial charge in [-0.3, -0.25) is 0 Å². The average Bonchev–Trinajstić information content (AvgIpc) is 3.15. The van der Waals surface area contributed by atoms with Crippen LogP contribution in [0.1, 0.15) is 31.7 Å². The van der Waals surface area contributed by atoms with E-state index in [2.05, 4.69) is 85.6 Å². The number of aromatic nitrogens is 2. The molecule has 1 heterocycles. The quantitative estimate of drug-likeness (QED) is 0.364. The fraction of sp³-hybridized carbons (Fsp3) is 0.240. The number of rotatable bonds is 7. The smallest absolute Gasteiger partial charge is 0.138 e. The first kappa shape index (κ1) is 18.3. The summed E-state index contributed by atoms with van der Waals surface area (Å²) in [6.07, 6.45) is 3.54. The Bertz CT molecular complexity index is 1050. The first-order valence-electron chi connectivity index (χ1n) is 10.0. The Morgan fingerprint density at radius 3 is 2.21 bits per heavy atom. The molecule has 0 amide bonds. The Morgan fingerprint density at radius 2 is 1.50 bits per heavy atom. The number of H-pyrrole nitrogens is 1. The van der Waals surface area contributed by atoms with Crippen molar-refractivity contribution < 1.29 is 4.74 Å². The number of aryl methyl sites for hydroxylation is 1. The lowest BCUT2D eigenvalue weighted by molar-refractivity contribution is 0.306. The molecule has 0 bridgehead atoms. The first-order valence-corrected chi connectivity index (χ1v) is 10.0. The highest BCUT2D eigenvalue weighted by molar-refractivity contribution is 5.80. The van der Waals surface area contributed by atoms with E-state index in [0.29, 0.717) is 0 Å². The van der Waals surface area contributed by atoms with Crippen molar-refractivity contribution in [3.05, 3.63) is 72.3 Å². The van der Waals surface area contributed by atoms with Gasteiger partial charge in [-0.25, -0.2) is 4.98 Å². The van der Waals surface area contributed by atoms with Crippen LogP contribution >= 0.6 is 0 Å². The van der Waals surface area contributed by atoms with Crippen molar-refractivity contribution in [2.24, 2.45) is 0 Å². The number of fused-ring (bicyclic) bond motifs is 1. The predicted octanol–water partition coefficient (Wildman–Crippen LogP) is 6.77. The van der Waals surface area contributed by atoms with Crippen LogP contribution in [0.5, 0.6) is 5.75 Å². The Morgan fingerprint density at radius 1 is 0.821 bits per heavy atom. The fourth-order valence-electron chi connectivity index (χ4n) is 3.37. The molecule has 3 heteroatoms. The molecule has 28 heavy (non-hydrogen) atoms. The van der Waals surface area contributed by atoms with Gasteiger partial charge in [-0.1, -0.05) is 62.2 Å². The number of unbranched alkanes of at least 4 members (excludes halogenated alkanes) is 2. The van der Waals surface area contributed by atoms with Crippen LogP contribution in [0.2, 0.25) is 0 Å². The highest BCUT2D eigenvalue weighted by atomic mass is 16.5. The topological polar surface area (TPSA) is 37.9 Å². The van der Waals surface area contributed by atoms with Gasteiger partial charge in [-0.2, -0.15) is 0 Å². The van der Waals surface area contributed by atoms with Gasteiger partial charge in [0.1, 0.15) is 11.6 Å². The maximum absolute atomic E-state index is 5.80. The first-order chi connectivity index (χ1) is 13.7. The van der Waals surface area contributed by atoms with Gasteiger partial charge in [0.2, 0.25) is 0 Å². The summed E-state index contributed by atoms with van der Waals surface area (Å²) in [5.41, 5.74) is 6.78. The van der Waals surface area contributed by atoms with Crippen LogP contribution in [0.4, 0.5) is 0 Å². The van der Waals surface area contributed by atoms with Gasteiger partial charge < -0.3 is 9.72 Å². The van der Waals surface area contributed by atoms with Gasteiger partial charge in [0.05, 0.1) is 17.6 Å². The largest absolute Gasteiger partial charge is 0.494 e. The molecule has 4 rings (SSSR count). The molecule has 0 aliphatic carbocycles. The Kier molecular flexibility index (Phi) is 5.43. The molecular weight excluding hydrogens is 344 g/mol. The third kappa shape index (κ3) is 4.09. The van der Waals surface area contributed by atoms with Crippen molar-refractivity contribution in [2.45, 2.75) is 33.1 Å². The second-order valence-corrected chi connectivity index (χ2v) is 7.26. The Balaban J connectivity index is 1.48. The lowest BCUT2D eigenvalue weighted by Gasteiger charge is -2.07. The van der Waals surface area contributed by atoms with Crippen LogP contribution in [0.3, 0.4) is 0 Å². The molecular formula is C25H26N2O. The van der Waals surface area contributed by atoms with Crippen molar-refractivity contribution in [3.8, 4) is 28.3 Å². The van der Waals surface area contributed by atoms with Crippen LogP contribution in [-0.2, 0) is 0 Å². The Labute approximate surface area is 166 Å². The van der Waals surface area contributed by atoms with Gasteiger partial charge in [0, 0.05) is 5.56 Å². The van der Waals surface area contributed by atoms with Crippen LogP contribution < -0.4 is 4.74 Å². The summed E-state index contributed by atoms with van der Waals surface area (Å²) in [6.45, 7) is 5.09. The van der Waals surface area contributed by atoms with Crippen LogP contribution in [0, 0.1) is 6.92 Å². The van der Waals surface area contributed by atoms with Crippen molar-refractivity contribution in [3.63, 3.8) is 0 Å². The van der Waals surface area contributed by atoms with Gasteiger partial charge in [0.15, 0.2) is 0 Å². The molecule has 0 saturated carbocycles. The minimum Gasteiger partial charge on any atom is -0.494 e. The molecule has 3 aromatic carbocycles. The molecule has 0 spiro atoms. The standard InChI is InChI=1S/C25H26N2O/c1-3-4-5-16-28-22-13-11-20(12-14-22)19-7-9-21(10-8-19)25-26-23-15-6-18(2)17-24(23)27-25/h6-15,17H,3-5,16H2,1-2H3,(H,26,27). The zero-order valence-corrected chi connectivity index (χ0v) is 16.5. The lowest BCUT2D eigenvalue weighted by Crippen LogP contribution is -1.96. The summed E-state index contributed by atoms with van der Waals surface area (Å²) in [5, 5.41) is 0. The van der Waals surface area contributed by atoms with E-state index in [1.807, 2.05) is 0 Å². The zero-order chi connectivity index (χ0) is 19.3. The lowest BCUT2D eigenvalue weighted by atomic mass is 10.0. The summed E-state index contributed by atoms with van der Waals surface area (Å²) < 4.78 is 5.80. The van der Waals surface area contributed by atoms with Gasteiger partial charge >= 0.3 is 0 Å². The number of nitrogens with zero attached hydrogens (tertiary/aromatic N) is 1. The highest BCUT2D eigenvalue weighted by Crippen LogP contribution is 2.26. The number of nitrogens with one attached hydrogen (secondary N) is 1. The molecule has 1 N–H and O–H groups in total. The molecule has 3 nitrogen and oxygen atoms in total. The summed E-state index contributed by atoms with van der Waals surface area (Å²) in [5.74, 6) is 1.84. The summed E-state index contributed by atoms with van der Waals surface area (Å²) in [4.78, 5) is 8.13. The van der Waals surface area contributed by atoms with Crippen molar-refractivity contribution >= 4 is 11.0 Å². The number of benzene rings is 3. The maximum Gasteiger partial charge on any atom is 0.138 e. The van der Waals surface area contributed by atoms with E-state index in [4.69, 9.17) is 9.72 Å². The van der Waals surface area contributed by atoms with E-state index >= 15 is 0 Å². The number of ether oxygens (including phenoxy) is 1. The maximum atomic E-state index is 5.80. The summed E-state index contributed by atoms with van der Waals surface area (Å²) >= 11 is 0. The minimum absolute atomic E-state index is 0.791. The fourth-order valence-corrected chi connectivity index (χ4v) is 3.37. The number of hydrogen-bond acceptors (Lipinski definition) is 2. The monoisotopic (exact) mass is 370 g/mol.